The van der Waals surface area contributed by atoms with Crippen LogP contribution in [0.2, 0.25) is 0 Å². The Kier molecular flexibility index (Phi) is 4.36. The van der Waals surface area contributed by atoms with Crippen molar-refractivity contribution in [2.24, 2.45) is 0 Å². The lowest BCUT2D eigenvalue weighted by Gasteiger charge is -2.09. The van der Waals surface area contributed by atoms with Crippen molar-refractivity contribution in [1.29, 1.82) is 0 Å². The Morgan fingerprint density at radius 3 is 2.39 bits per heavy atom. The van der Waals surface area contributed by atoms with Crippen LogP contribution in [0.3, 0.4) is 0 Å². The predicted octanol–water partition coefficient (Wildman–Crippen LogP) is -0.356. The van der Waals surface area contributed by atoms with Crippen LogP contribution >= 0.6 is 0 Å². The first kappa shape index (κ1) is 13.6. The summed E-state index contributed by atoms with van der Waals surface area (Å²) in [5.74, 6) is -2.04. The third-order valence-electron chi connectivity index (χ3n) is 2.20. The van der Waals surface area contributed by atoms with Crippen LogP contribution in [0.5, 0.6) is 0 Å². The Balaban J connectivity index is 2.76. The number of carboxylic acid groups (broad SMARTS) is 1. The van der Waals surface area contributed by atoms with Gasteiger partial charge in [0.05, 0.1) is 5.56 Å². The number of carbonyl (C=O) groups excluding carboxylic acids is 2. The fourth-order valence-corrected chi connectivity index (χ4v) is 1.13. The quantitative estimate of drug-likeness (QED) is 0.677. The normalized spacial score (nSPS) is 11.4. The summed E-state index contributed by atoms with van der Waals surface area (Å²) in [6.07, 6.45) is 1.22. The second-order valence-electron chi connectivity index (χ2n) is 3.54. The van der Waals surface area contributed by atoms with Gasteiger partial charge >= 0.3 is 5.97 Å². The molecule has 0 aromatic carbocycles. The van der Waals surface area contributed by atoms with Gasteiger partial charge in [-0.3, -0.25) is 19.4 Å². The van der Waals surface area contributed by atoms with Crippen LogP contribution < -0.4 is 10.6 Å². The van der Waals surface area contributed by atoms with Crippen molar-refractivity contribution in [3.63, 3.8) is 0 Å². The molecule has 7 nitrogen and oxygen atoms in total. The first-order valence-corrected chi connectivity index (χ1v) is 5.17. The van der Waals surface area contributed by atoms with E-state index >= 15 is 0 Å². The highest BCUT2D eigenvalue weighted by Crippen LogP contribution is 2.01. The standard InChI is InChI=1S/C11H13N3O4/c1-6(11(17)18)14-9(15)7-3-4-8(13-5-7)10(16)12-2/h3-6H,1-2H3,(H,12,16)(H,14,15)(H,17,18)/t6-/m1/s1. The molecule has 0 unspecified atom stereocenters. The Morgan fingerprint density at radius 2 is 1.94 bits per heavy atom. The first-order valence-electron chi connectivity index (χ1n) is 5.17. The minimum Gasteiger partial charge on any atom is -0.480 e. The molecule has 96 valence electrons. The highest BCUT2D eigenvalue weighted by molar-refractivity contribution is 5.97. The molecule has 1 aromatic heterocycles. The second-order valence-corrected chi connectivity index (χ2v) is 3.54. The number of nitrogens with zero attached hydrogens (tertiary/aromatic N) is 1. The van der Waals surface area contributed by atoms with Gasteiger partial charge in [-0.2, -0.15) is 0 Å². The number of hydrogen-bond donors (Lipinski definition) is 3. The fraction of sp³-hybridized carbons (Fsp3) is 0.273. The monoisotopic (exact) mass is 251 g/mol. The molecule has 0 saturated carbocycles. The van der Waals surface area contributed by atoms with Crippen LogP contribution in [-0.2, 0) is 4.79 Å². The molecule has 0 fully saturated rings. The molecule has 0 spiro atoms. The zero-order valence-corrected chi connectivity index (χ0v) is 9.93. The van der Waals surface area contributed by atoms with Gasteiger partial charge in [0.2, 0.25) is 0 Å². The van der Waals surface area contributed by atoms with E-state index in [1.807, 2.05) is 0 Å². The zero-order valence-electron chi connectivity index (χ0n) is 9.93. The summed E-state index contributed by atoms with van der Waals surface area (Å²) in [6, 6.07) is 1.80. The van der Waals surface area contributed by atoms with E-state index in [0.717, 1.165) is 0 Å². The second kappa shape index (κ2) is 5.76. The van der Waals surface area contributed by atoms with E-state index in [0.29, 0.717) is 0 Å². The van der Waals surface area contributed by atoms with E-state index in [-0.39, 0.29) is 17.2 Å². The highest BCUT2D eigenvalue weighted by atomic mass is 16.4. The molecule has 0 aliphatic rings. The van der Waals surface area contributed by atoms with Crippen LogP contribution in [0.25, 0.3) is 0 Å². The third-order valence-corrected chi connectivity index (χ3v) is 2.20. The molecular weight excluding hydrogens is 238 g/mol. The van der Waals surface area contributed by atoms with Gasteiger partial charge in [0.1, 0.15) is 11.7 Å². The van der Waals surface area contributed by atoms with Crippen molar-refractivity contribution in [2.45, 2.75) is 13.0 Å². The van der Waals surface area contributed by atoms with Crippen molar-refractivity contribution in [2.75, 3.05) is 7.05 Å². The molecule has 1 aromatic rings. The van der Waals surface area contributed by atoms with Crippen LogP contribution in [0.1, 0.15) is 27.8 Å². The van der Waals surface area contributed by atoms with E-state index in [4.69, 9.17) is 5.11 Å². The van der Waals surface area contributed by atoms with Gasteiger partial charge in [-0.1, -0.05) is 0 Å². The lowest BCUT2D eigenvalue weighted by atomic mass is 10.2. The number of aliphatic carboxylic acids is 1. The summed E-state index contributed by atoms with van der Waals surface area (Å²) in [5.41, 5.74) is 0.371. The number of nitrogens with one attached hydrogen (secondary N) is 2. The maximum Gasteiger partial charge on any atom is 0.325 e. The lowest BCUT2D eigenvalue weighted by Crippen LogP contribution is -2.38. The summed E-state index contributed by atoms with van der Waals surface area (Å²) in [5, 5.41) is 13.3. The molecule has 2 amide bonds. The lowest BCUT2D eigenvalue weighted by molar-refractivity contribution is -0.138. The predicted molar refractivity (Wildman–Crippen MR) is 62.2 cm³/mol. The molecule has 0 saturated heterocycles. The summed E-state index contributed by atoms with van der Waals surface area (Å²) in [6.45, 7) is 1.35. The van der Waals surface area contributed by atoms with E-state index in [1.54, 1.807) is 0 Å². The Bertz CT molecular complexity index is 470. The van der Waals surface area contributed by atoms with E-state index in [9.17, 15) is 14.4 Å². The third kappa shape index (κ3) is 3.27. The van der Waals surface area contributed by atoms with Crippen molar-refractivity contribution >= 4 is 17.8 Å². The number of carboxylic acids is 1. The molecule has 0 radical (unpaired) electrons. The molecule has 1 atom stereocenters. The summed E-state index contributed by atoms with van der Waals surface area (Å²) >= 11 is 0. The van der Waals surface area contributed by atoms with Gasteiger partial charge in [-0.15, -0.1) is 0 Å². The Morgan fingerprint density at radius 1 is 1.28 bits per heavy atom. The maximum absolute atomic E-state index is 11.6. The number of carbonyl (C=O) groups is 3. The van der Waals surface area contributed by atoms with E-state index < -0.39 is 17.9 Å². The van der Waals surface area contributed by atoms with Crippen molar-refractivity contribution in [3.8, 4) is 0 Å². The summed E-state index contributed by atoms with van der Waals surface area (Å²) in [7, 11) is 1.47. The molecule has 3 N–H and O–H groups in total. The molecule has 0 aliphatic heterocycles. The smallest absolute Gasteiger partial charge is 0.325 e. The van der Waals surface area contributed by atoms with Crippen LogP contribution in [0.4, 0.5) is 0 Å². The van der Waals surface area contributed by atoms with E-state index in [2.05, 4.69) is 15.6 Å². The number of amides is 2. The van der Waals surface area contributed by atoms with Crippen molar-refractivity contribution in [3.05, 3.63) is 29.6 Å². The topological polar surface area (TPSA) is 108 Å². The maximum atomic E-state index is 11.6. The molecule has 0 aliphatic carbocycles. The number of aromatic nitrogens is 1. The minimum absolute atomic E-state index is 0.181. The van der Waals surface area contributed by atoms with Gasteiger partial charge in [-0.25, -0.2) is 0 Å². The molecule has 18 heavy (non-hydrogen) atoms. The average Bonchev–Trinajstić information content (AvgIpc) is 2.37. The molecular formula is C11H13N3O4. The van der Waals surface area contributed by atoms with Crippen LogP contribution in [-0.4, -0.2) is 41.0 Å². The Labute approximate surface area is 103 Å². The number of rotatable bonds is 4. The summed E-state index contributed by atoms with van der Waals surface area (Å²) in [4.78, 5) is 37.2. The Hall–Kier alpha value is -2.44. The first-order chi connectivity index (χ1) is 8.45. The van der Waals surface area contributed by atoms with Crippen molar-refractivity contribution < 1.29 is 19.5 Å². The van der Waals surface area contributed by atoms with Gasteiger partial charge in [0, 0.05) is 13.2 Å². The van der Waals surface area contributed by atoms with Crippen molar-refractivity contribution in [1.82, 2.24) is 15.6 Å². The molecule has 7 heteroatoms. The molecule has 0 bridgehead atoms. The molecule has 1 heterocycles. The fourth-order valence-electron chi connectivity index (χ4n) is 1.13. The zero-order chi connectivity index (χ0) is 13.7. The minimum atomic E-state index is -1.13. The van der Waals surface area contributed by atoms with Gasteiger partial charge < -0.3 is 15.7 Å². The average molecular weight is 251 g/mol. The highest BCUT2D eigenvalue weighted by Gasteiger charge is 2.15. The SMILES string of the molecule is CNC(=O)c1ccc(C(=O)N[C@H](C)C(=O)O)cn1. The van der Waals surface area contributed by atoms with Gasteiger partial charge in [0.25, 0.3) is 11.8 Å². The number of pyridine rings is 1. The largest absolute Gasteiger partial charge is 0.480 e. The van der Waals surface area contributed by atoms with Gasteiger partial charge in [0.15, 0.2) is 0 Å². The van der Waals surface area contributed by atoms with Crippen LogP contribution in [0, 0.1) is 0 Å². The molecule has 1 rings (SSSR count). The number of hydrogen-bond acceptors (Lipinski definition) is 4. The van der Waals surface area contributed by atoms with Gasteiger partial charge in [-0.05, 0) is 19.1 Å². The summed E-state index contributed by atoms with van der Waals surface area (Å²) < 4.78 is 0. The van der Waals surface area contributed by atoms with Crippen LogP contribution in [0.15, 0.2) is 18.3 Å². The van der Waals surface area contributed by atoms with E-state index in [1.165, 1.54) is 32.3 Å².